The molecule has 1 aliphatic rings. The van der Waals surface area contributed by atoms with Crippen LogP contribution in [0, 0.1) is 0 Å². The van der Waals surface area contributed by atoms with Gasteiger partial charge in [-0.25, -0.2) is 0 Å². The van der Waals surface area contributed by atoms with E-state index in [0.29, 0.717) is 0 Å². The van der Waals surface area contributed by atoms with Gasteiger partial charge in [0.2, 0.25) is 0 Å². The highest BCUT2D eigenvalue weighted by Crippen LogP contribution is 2.22. The molecule has 0 saturated carbocycles. The molecule has 0 radical (unpaired) electrons. The van der Waals surface area contributed by atoms with Gasteiger partial charge in [-0.05, 0) is 42.0 Å². The first-order valence-electron chi connectivity index (χ1n) is 6.91. The molecule has 0 aliphatic carbocycles. The summed E-state index contributed by atoms with van der Waals surface area (Å²) in [7, 11) is 0. The molecule has 0 fully saturated rings. The molecule has 2 heterocycles. The first-order valence-corrected chi connectivity index (χ1v) is 7.79. The number of hydrogen-bond acceptors (Lipinski definition) is 3. The first kappa shape index (κ1) is 12.9. The van der Waals surface area contributed by atoms with E-state index in [1.54, 1.807) is 11.3 Å². The fraction of sp³-hybridized carbons (Fsp3) is 0.375. The van der Waals surface area contributed by atoms with Crippen molar-refractivity contribution >= 4 is 11.3 Å². The van der Waals surface area contributed by atoms with Crippen LogP contribution in [0.1, 0.15) is 28.5 Å². The molecule has 0 bridgehead atoms. The Kier molecular flexibility index (Phi) is 3.97. The van der Waals surface area contributed by atoms with E-state index < -0.39 is 0 Å². The van der Waals surface area contributed by atoms with E-state index in [9.17, 15) is 0 Å². The van der Waals surface area contributed by atoms with E-state index >= 15 is 0 Å². The fourth-order valence-corrected chi connectivity index (χ4v) is 3.52. The predicted octanol–water partition coefficient (Wildman–Crippen LogP) is 3.20. The molecule has 0 spiro atoms. The van der Waals surface area contributed by atoms with E-state index in [-0.39, 0.29) is 6.04 Å². The Hall–Kier alpha value is -1.16. The number of nitrogens with zero attached hydrogens (tertiary/aromatic N) is 1. The second-order valence-corrected chi connectivity index (χ2v) is 6.21. The second-order valence-electron chi connectivity index (χ2n) is 5.23. The van der Waals surface area contributed by atoms with Gasteiger partial charge in [0.25, 0.3) is 0 Å². The van der Waals surface area contributed by atoms with Gasteiger partial charge in [0, 0.05) is 18.0 Å². The lowest BCUT2D eigenvalue weighted by Gasteiger charge is -2.23. The van der Waals surface area contributed by atoms with Crippen molar-refractivity contribution < 1.29 is 0 Å². The van der Waals surface area contributed by atoms with Gasteiger partial charge in [-0.2, -0.15) is 0 Å². The number of benzene rings is 1. The molecule has 2 N–H and O–H groups in total. The van der Waals surface area contributed by atoms with Gasteiger partial charge >= 0.3 is 0 Å². The minimum absolute atomic E-state index is 0.144. The summed E-state index contributed by atoms with van der Waals surface area (Å²) in [6.45, 7) is 3.14. The Morgan fingerprint density at radius 2 is 2.00 bits per heavy atom. The molecule has 19 heavy (non-hydrogen) atoms. The molecule has 3 rings (SSSR count). The lowest BCUT2D eigenvalue weighted by molar-refractivity contribution is 0.254. The number of thiophene rings is 1. The van der Waals surface area contributed by atoms with Gasteiger partial charge in [-0.1, -0.05) is 30.3 Å². The first-order chi connectivity index (χ1) is 9.33. The van der Waals surface area contributed by atoms with Gasteiger partial charge in [-0.3, -0.25) is 4.90 Å². The van der Waals surface area contributed by atoms with E-state index in [0.717, 1.165) is 19.6 Å². The summed E-state index contributed by atoms with van der Waals surface area (Å²) in [5.41, 5.74) is 9.29. The molecule has 1 aromatic carbocycles. The van der Waals surface area contributed by atoms with Crippen molar-refractivity contribution in [3.63, 3.8) is 0 Å². The summed E-state index contributed by atoms with van der Waals surface area (Å²) in [6.07, 6.45) is 2.43. The average Bonchev–Trinajstić information content (AvgIpc) is 2.87. The van der Waals surface area contributed by atoms with E-state index in [4.69, 9.17) is 5.73 Å². The largest absolute Gasteiger partial charge is 0.322 e. The molecule has 2 aromatic rings. The molecule has 2 nitrogen and oxygen atoms in total. The molecule has 1 atom stereocenters. The summed E-state index contributed by atoms with van der Waals surface area (Å²) < 4.78 is 0. The summed E-state index contributed by atoms with van der Waals surface area (Å²) in [4.78, 5) is 3.79. The van der Waals surface area contributed by atoms with Crippen molar-refractivity contribution in [3.8, 4) is 0 Å². The summed E-state index contributed by atoms with van der Waals surface area (Å²) in [5, 5.41) is 2.10. The maximum atomic E-state index is 6.31. The summed E-state index contributed by atoms with van der Waals surface area (Å²) in [5.74, 6) is 0. The summed E-state index contributed by atoms with van der Waals surface area (Å²) in [6, 6.07) is 13.2. The maximum absolute atomic E-state index is 6.31. The Labute approximate surface area is 118 Å². The van der Waals surface area contributed by atoms with Crippen LogP contribution in [0.15, 0.2) is 41.8 Å². The lowest BCUT2D eigenvalue weighted by atomic mass is 10.0. The molecular weight excluding hydrogens is 252 g/mol. The SMILES string of the molecule is NC(CN1CCCc2ccccc2C1)c1cccs1. The van der Waals surface area contributed by atoms with Crippen molar-refractivity contribution in [2.45, 2.75) is 25.4 Å². The molecule has 1 aliphatic heterocycles. The van der Waals surface area contributed by atoms with E-state index in [2.05, 4.69) is 46.7 Å². The van der Waals surface area contributed by atoms with Gasteiger partial charge in [-0.15, -0.1) is 11.3 Å². The molecule has 100 valence electrons. The fourth-order valence-electron chi connectivity index (χ4n) is 2.79. The minimum Gasteiger partial charge on any atom is -0.322 e. The lowest BCUT2D eigenvalue weighted by Crippen LogP contribution is -2.31. The van der Waals surface area contributed by atoms with Gasteiger partial charge in [0.1, 0.15) is 0 Å². The highest BCUT2D eigenvalue weighted by atomic mass is 32.1. The quantitative estimate of drug-likeness (QED) is 0.929. The van der Waals surface area contributed by atoms with Crippen molar-refractivity contribution in [3.05, 3.63) is 57.8 Å². The third-order valence-corrected chi connectivity index (χ3v) is 4.80. The van der Waals surface area contributed by atoms with Crippen LogP contribution >= 0.6 is 11.3 Å². The van der Waals surface area contributed by atoms with Crippen LogP contribution in [0.3, 0.4) is 0 Å². The predicted molar refractivity (Wildman–Crippen MR) is 81.3 cm³/mol. The number of hydrogen-bond donors (Lipinski definition) is 1. The molecule has 0 saturated heterocycles. The normalized spacial score (nSPS) is 17.7. The van der Waals surface area contributed by atoms with E-state index in [1.165, 1.54) is 28.8 Å². The van der Waals surface area contributed by atoms with Crippen molar-refractivity contribution in [1.82, 2.24) is 4.90 Å². The number of fused-ring (bicyclic) bond motifs is 1. The Balaban J connectivity index is 1.69. The Bertz CT molecular complexity index is 521. The Morgan fingerprint density at radius 3 is 2.79 bits per heavy atom. The molecule has 3 heteroatoms. The molecule has 0 amide bonds. The van der Waals surface area contributed by atoms with Crippen molar-refractivity contribution in [2.24, 2.45) is 5.73 Å². The van der Waals surface area contributed by atoms with Crippen molar-refractivity contribution in [1.29, 1.82) is 0 Å². The third-order valence-electron chi connectivity index (χ3n) is 3.80. The third kappa shape index (κ3) is 3.06. The monoisotopic (exact) mass is 272 g/mol. The van der Waals surface area contributed by atoms with Gasteiger partial charge < -0.3 is 5.73 Å². The van der Waals surface area contributed by atoms with Crippen LogP contribution < -0.4 is 5.73 Å². The smallest absolute Gasteiger partial charge is 0.0519 e. The number of nitrogens with two attached hydrogens (primary N) is 1. The zero-order valence-electron chi connectivity index (χ0n) is 11.1. The Morgan fingerprint density at radius 1 is 1.16 bits per heavy atom. The molecular formula is C16H20N2S. The van der Waals surface area contributed by atoms with Gasteiger partial charge in [0.05, 0.1) is 6.04 Å². The van der Waals surface area contributed by atoms with Crippen LogP contribution in [-0.4, -0.2) is 18.0 Å². The highest BCUT2D eigenvalue weighted by molar-refractivity contribution is 7.10. The van der Waals surface area contributed by atoms with E-state index in [1.807, 2.05) is 0 Å². The summed E-state index contributed by atoms with van der Waals surface area (Å²) >= 11 is 1.76. The minimum atomic E-state index is 0.144. The van der Waals surface area contributed by atoms with Crippen LogP contribution in [-0.2, 0) is 13.0 Å². The molecule has 1 aromatic heterocycles. The van der Waals surface area contributed by atoms with Crippen LogP contribution in [0.5, 0.6) is 0 Å². The van der Waals surface area contributed by atoms with Crippen LogP contribution in [0.4, 0.5) is 0 Å². The van der Waals surface area contributed by atoms with Crippen LogP contribution in [0.25, 0.3) is 0 Å². The number of rotatable bonds is 3. The van der Waals surface area contributed by atoms with Crippen molar-refractivity contribution in [2.75, 3.05) is 13.1 Å². The van der Waals surface area contributed by atoms with Gasteiger partial charge in [0.15, 0.2) is 0 Å². The zero-order chi connectivity index (χ0) is 13.1. The standard InChI is InChI=1S/C16H20N2S/c17-15(16-8-4-10-19-16)12-18-9-3-7-13-5-1-2-6-14(13)11-18/h1-2,4-6,8,10,15H,3,7,9,11-12,17H2. The zero-order valence-corrected chi connectivity index (χ0v) is 11.9. The van der Waals surface area contributed by atoms with Crippen LogP contribution in [0.2, 0.25) is 0 Å². The maximum Gasteiger partial charge on any atom is 0.0519 e. The number of aryl methyl sites for hydroxylation is 1. The highest BCUT2D eigenvalue weighted by Gasteiger charge is 2.17. The second kappa shape index (κ2) is 5.87. The topological polar surface area (TPSA) is 29.3 Å². The molecule has 1 unspecified atom stereocenters. The average molecular weight is 272 g/mol.